The lowest BCUT2D eigenvalue weighted by atomic mass is 10.0. The van der Waals surface area contributed by atoms with Crippen LogP contribution < -0.4 is 10.2 Å². The molecule has 0 aromatic heterocycles. The molecule has 5 rings (SSSR count). The molecule has 1 saturated heterocycles. The molecule has 1 saturated carbocycles. The molecule has 3 aromatic rings. The number of hydrogen-bond acceptors (Lipinski definition) is 5. The molecule has 1 aliphatic carbocycles. The predicted molar refractivity (Wildman–Crippen MR) is 142 cm³/mol. The van der Waals surface area contributed by atoms with Gasteiger partial charge in [-0.2, -0.15) is 0 Å². The number of carbonyl (C=O) groups excluding carboxylic acids is 3. The number of amides is 2. The van der Waals surface area contributed by atoms with Crippen molar-refractivity contribution in [2.45, 2.75) is 19.5 Å². The number of hydrogen-bond donors (Lipinski definition) is 1. The lowest BCUT2D eigenvalue weighted by molar-refractivity contribution is 0.0599. The van der Waals surface area contributed by atoms with Gasteiger partial charge in [0, 0.05) is 55.7 Å². The van der Waals surface area contributed by atoms with Crippen molar-refractivity contribution in [2.75, 3.05) is 32.1 Å². The lowest BCUT2D eigenvalue weighted by Crippen LogP contribution is -2.37. The molecule has 39 heavy (non-hydrogen) atoms. The van der Waals surface area contributed by atoms with E-state index in [1.54, 1.807) is 37.1 Å². The standard InChI is InChI=1S/C30H29F2N3O4/c1-17-11-19(30(38)39-3)9-10-21(17)28(36)33-26-22-15-35(16-23(22)26)29(37)20-12-24(31)27(25(32)13-20)34(2)14-18-7-5-4-6-8-18/h4-13,22-23,26H,14-16H2,1-3H3,(H,33,36)/t22-,23+,26?. The molecule has 9 heteroatoms. The van der Waals surface area contributed by atoms with Crippen molar-refractivity contribution in [3.8, 4) is 0 Å². The summed E-state index contributed by atoms with van der Waals surface area (Å²) in [6.45, 7) is 2.86. The van der Waals surface area contributed by atoms with Gasteiger partial charge in [0.15, 0.2) is 0 Å². The predicted octanol–water partition coefficient (Wildman–Crippen LogP) is 4.20. The second-order valence-corrected chi connectivity index (χ2v) is 10.2. The number of esters is 1. The number of fused-ring (bicyclic) bond motifs is 1. The molecule has 3 aromatic carbocycles. The molecule has 2 fully saturated rings. The highest BCUT2D eigenvalue weighted by Gasteiger charge is 2.57. The van der Waals surface area contributed by atoms with Crippen molar-refractivity contribution in [3.05, 3.63) is 100 Å². The smallest absolute Gasteiger partial charge is 0.337 e. The average molecular weight is 534 g/mol. The van der Waals surface area contributed by atoms with Crippen molar-refractivity contribution < 1.29 is 27.9 Å². The van der Waals surface area contributed by atoms with Gasteiger partial charge in [0.05, 0.1) is 12.7 Å². The van der Waals surface area contributed by atoms with Crippen LogP contribution in [-0.2, 0) is 11.3 Å². The maximum Gasteiger partial charge on any atom is 0.337 e. The van der Waals surface area contributed by atoms with Gasteiger partial charge < -0.3 is 19.9 Å². The maximum atomic E-state index is 15.0. The molecule has 2 aliphatic rings. The molecule has 0 spiro atoms. The number of likely N-dealkylation sites (tertiary alicyclic amines) is 1. The first-order valence-corrected chi connectivity index (χ1v) is 12.7. The molecule has 1 heterocycles. The Morgan fingerprint density at radius 1 is 0.974 bits per heavy atom. The summed E-state index contributed by atoms with van der Waals surface area (Å²) in [6, 6.07) is 16.2. The maximum absolute atomic E-state index is 15.0. The molecule has 202 valence electrons. The minimum atomic E-state index is -0.792. The van der Waals surface area contributed by atoms with Crippen molar-refractivity contribution in [3.63, 3.8) is 0 Å². The van der Waals surface area contributed by atoms with Crippen molar-refractivity contribution in [2.24, 2.45) is 11.8 Å². The van der Waals surface area contributed by atoms with Crippen LogP contribution in [0.15, 0.2) is 60.7 Å². The van der Waals surface area contributed by atoms with Crippen LogP contribution in [-0.4, -0.2) is 56.0 Å². The van der Waals surface area contributed by atoms with Crippen LogP contribution in [0.3, 0.4) is 0 Å². The monoisotopic (exact) mass is 533 g/mol. The average Bonchev–Trinajstić information content (AvgIpc) is 3.33. The third-order valence-corrected chi connectivity index (χ3v) is 7.58. The zero-order chi connectivity index (χ0) is 27.8. The van der Waals surface area contributed by atoms with E-state index in [1.807, 2.05) is 30.3 Å². The molecule has 0 bridgehead atoms. The number of ether oxygens (including phenoxy) is 1. The Morgan fingerprint density at radius 2 is 1.62 bits per heavy atom. The van der Waals surface area contributed by atoms with Gasteiger partial charge in [0.25, 0.3) is 11.8 Å². The number of carbonyl (C=O) groups is 3. The fraction of sp³-hybridized carbons (Fsp3) is 0.300. The minimum Gasteiger partial charge on any atom is -0.465 e. The summed E-state index contributed by atoms with van der Waals surface area (Å²) in [5.41, 5.74) is 2.17. The van der Waals surface area contributed by atoms with Gasteiger partial charge in [-0.3, -0.25) is 9.59 Å². The molecule has 1 N–H and O–H groups in total. The normalized spacial score (nSPS) is 19.3. The van der Waals surface area contributed by atoms with Crippen LogP contribution in [0.2, 0.25) is 0 Å². The van der Waals surface area contributed by atoms with E-state index in [4.69, 9.17) is 4.74 Å². The fourth-order valence-corrected chi connectivity index (χ4v) is 5.47. The number of methoxy groups -OCH3 is 1. The first kappa shape index (κ1) is 26.3. The summed E-state index contributed by atoms with van der Waals surface area (Å²) >= 11 is 0. The second-order valence-electron chi connectivity index (χ2n) is 10.2. The van der Waals surface area contributed by atoms with Crippen LogP contribution >= 0.6 is 0 Å². The zero-order valence-corrected chi connectivity index (χ0v) is 21.9. The summed E-state index contributed by atoms with van der Waals surface area (Å²) in [4.78, 5) is 40.6. The Kier molecular flexibility index (Phi) is 7.08. The minimum absolute atomic E-state index is 0.0370. The number of benzene rings is 3. The van der Waals surface area contributed by atoms with Crippen molar-refractivity contribution in [1.82, 2.24) is 10.2 Å². The Hall–Kier alpha value is -4.27. The molecule has 1 aliphatic heterocycles. The first-order chi connectivity index (χ1) is 18.7. The van der Waals surface area contributed by atoms with E-state index < -0.39 is 23.5 Å². The van der Waals surface area contributed by atoms with Gasteiger partial charge in [0.2, 0.25) is 0 Å². The summed E-state index contributed by atoms with van der Waals surface area (Å²) in [5, 5.41) is 3.01. The summed E-state index contributed by atoms with van der Waals surface area (Å²) < 4.78 is 34.6. The number of rotatable bonds is 7. The Labute approximate surface area is 225 Å². The number of nitrogens with one attached hydrogen (secondary N) is 1. The summed E-state index contributed by atoms with van der Waals surface area (Å²) in [7, 11) is 2.90. The van der Waals surface area contributed by atoms with E-state index in [2.05, 4.69) is 5.32 Å². The van der Waals surface area contributed by atoms with Crippen molar-refractivity contribution in [1.29, 1.82) is 0 Å². The quantitative estimate of drug-likeness (QED) is 0.461. The Morgan fingerprint density at radius 3 is 2.21 bits per heavy atom. The third-order valence-electron chi connectivity index (χ3n) is 7.58. The molecule has 7 nitrogen and oxygen atoms in total. The van der Waals surface area contributed by atoms with E-state index in [0.29, 0.717) is 36.3 Å². The van der Waals surface area contributed by atoms with E-state index >= 15 is 0 Å². The number of halogens is 2. The van der Waals surface area contributed by atoms with Gasteiger partial charge >= 0.3 is 5.97 Å². The molecule has 2 amide bonds. The van der Waals surface area contributed by atoms with E-state index in [-0.39, 0.29) is 35.0 Å². The Balaban J connectivity index is 1.19. The molecule has 0 radical (unpaired) electrons. The third kappa shape index (κ3) is 5.21. The topological polar surface area (TPSA) is 79.0 Å². The van der Waals surface area contributed by atoms with Crippen LogP contribution in [0.5, 0.6) is 0 Å². The summed E-state index contributed by atoms with van der Waals surface area (Å²) in [5.74, 6) is -2.57. The molecular formula is C30H29F2N3O4. The van der Waals surface area contributed by atoms with Crippen LogP contribution in [0, 0.1) is 30.4 Å². The van der Waals surface area contributed by atoms with Crippen LogP contribution in [0.4, 0.5) is 14.5 Å². The van der Waals surface area contributed by atoms with E-state index in [9.17, 15) is 23.2 Å². The van der Waals surface area contributed by atoms with Gasteiger partial charge in [0.1, 0.15) is 17.3 Å². The van der Waals surface area contributed by atoms with E-state index in [1.165, 1.54) is 12.0 Å². The first-order valence-electron chi connectivity index (χ1n) is 12.7. The van der Waals surface area contributed by atoms with Gasteiger partial charge in [-0.15, -0.1) is 0 Å². The number of anilines is 1. The highest BCUT2D eigenvalue weighted by Crippen LogP contribution is 2.46. The molecule has 3 atom stereocenters. The number of piperidine rings is 1. The number of nitrogens with zero attached hydrogens (tertiary/aromatic N) is 2. The van der Waals surface area contributed by atoms with Gasteiger partial charge in [-0.05, 0) is 48.4 Å². The highest BCUT2D eigenvalue weighted by atomic mass is 19.1. The highest BCUT2D eigenvalue weighted by molar-refractivity contribution is 5.98. The van der Waals surface area contributed by atoms with Gasteiger partial charge in [-0.25, -0.2) is 13.6 Å². The van der Waals surface area contributed by atoms with Crippen LogP contribution in [0.1, 0.15) is 42.2 Å². The second kappa shape index (κ2) is 10.5. The SMILES string of the molecule is COC(=O)c1ccc(C(=O)NC2[C@H]3CN(C(=O)c4cc(F)c(N(C)Cc5ccccc5)c(F)c4)C[C@@H]23)c(C)c1. The largest absolute Gasteiger partial charge is 0.465 e. The van der Waals surface area contributed by atoms with Crippen LogP contribution in [0.25, 0.3) is 0 Å². The fourth-order valence-electron chi connectivity index (χ4n) is 5.47. The van der Waals surface area contributed by atoms with Gasteiger partial charge in [-0.1, -0.05) is 30.3 Å². The molecule has 1 unspecified atom stereocenters. The molecular weight excluding hydrogens is 504 g/mol. The Bertz CT molecular complexity index is 1410. The van der Waals surface area contributed by atoms with E-state index in [0.717, 1.165) is 17.7 Å². The van der Waals surface area contributed by atoms with Crippen molar-refractivity contribution >= 4 is 23.5 Å². The lowest BCUT2D eigenvalue weighted by Gasteiger charge is -2.23. The zero-order valence-electron chi connectivity index (χ0n) is 21.9. The number of aryl methyl sites for hydroxylation is 1. The summed E-state index contributed by atoms with van der Waals surface area (Å²) in [6.07, 6.45) is 0.